The fourth-order valence-electron chi connectivity index (χ4n) is 4.67. The van der Waals surface area contributed by atoms with Crippen LogP contribution >= 0.6 is 0 Å². The van der Waals surface area contributed by atoms with Crippen LogP contribution < -0.4 is 10.2 Å². The Kier molecular flexibility index (Phi) is 5.07. The van der Waals surface area contributed by atoms with Crippen LogP contribution in [0.4, 0.5) is 23.2 Å². The summed E-state index contributed by atoms with van der Waals surface area (Å²) in [7, 11) is 0. The number of benzene rings is 1. The zero-order valence-electron chi connectivity index (χ0n) is 15.9. The van der Waals surface area contributed by atoms with Gasteiger partial charge in [0.1, 0.15) is 18.3 Å². The van der Waals surface area contributed by atoms with Crippen LogP contribution in [0.2, 0.25) is 0 Å². The number of fused-ring (bicyclic) bond motifs is 1. The van der Waals surface area contributed by atoms with Crippen LogP contribution in [0.3, 0.4) is 0 Å². The molecule has 2 unspecified atom stereocenters. The van der Waals surface area contributed by atoms with E-state index in [0.29, 0.717) is 13.1 Å². The minimum atomic E-state index is -4.59. The number of amides is 1. The van der Waals surface area contributed by atoms with Crippen molar-refractivity contribution in [3.63, 3.8) is 0 Å². The number of nitrogens with zero attached hydrogens (tertiary/aromatic N) is 4. The van der Waals surface area contributed by atoms with E-state index in [2.05, 4.69) is 5.32 Å². The Morgan fingerprint density at radius 1 is 1.20 bits per heavy atom. The molecule has 3 fully saturated rings. The molecule has 3 aliphatic rings. The smallest absolute Gasteiger partial charge is 0.370 e. The van der Waals surface area contributed by atoms with Crippen LogP contribution in [-0.4, -0.2) is 55.2 Å². The number of nitrogens with one attached hydrogen (secondary N) is 1. The van der Waals surface area contributed by atoms with E-state index in [1.807, 2.05) is 6.07 Å². The van der Waals surface area contributed by atoms with Crippen molar-refractivity contribution < 1.29 is 22.4 Å². The molecular formula is C20H19F4N5O. The Balaban J connectivity index is 1.34. The average molecular weight is 421 g/mol. The molecule has 1 amide bonds. The summed E-state index contributed by atoms with van der Waals surface area (Å²) in [5.41, 5.74) is -1.03. The van der Waals surface area contributed by atoms with Crippen LogP contribution in [0, 0.1) is 34.5 Å². The second-order valence-corrected chi connectivity index (χ2v) is 7.97. The molecule has 0 aromatic heterocycles. The highest BCUT2D eigenvalue weighted by molar-refractivity contribution is 5.79. The standard InChI is InChI=1S/C20H19F4N5O/c21-11-4-12(5-25)29(8-11)18(30)7-27-19-14-9-28(10-15(14)19)17-3-1-2-16(13(17)6-26)20(22,23)24/h1-3,11-12,14-15,19,27H,4,7-10H2/t11-,12-,14?,15?,19?/m0/s1. The predicted octanol–water partition coefficient (Wildman–Crippen LogP) is 2.06. The Bertz CT molecular complexity index is 925. The minimum Gasteiger partial charge on any atom is -0.370 e. The van der Waals surface area contributed by atoms with Gasteiger partial charge in [-0.25, -0.2) is 4.39 Å². The van der Waals surface area contributed by atoms with Gasteiger partial charge in [0.25, 0.3) is 0 Å². The topological polar surface area (TPSA) is 83.2 Å². The number of piperidine rings is 1. The predicted molar refractivity (Wildman–Crippen MR) is 97.8 cm³/mol. The zero-order valence-corrected chi connectivity index (χ0v) is 15.9. The lowest BCUT2D eigenvalue weighted by atomic mass is 10.0. The van der Waals surface area contributed by atoms with Gasteiger partial charge in [-0.05, 0) is 24.0 Å². The average Bonchev–Trinajstić information content (AvgIpc) is 3.04. The van der Waals surface area contributed by atoms with Gasteiger partial charge in [-0.15, -0.1) is 0 Å². The van der Waals surface area contributed by atoms with Gasteiger partial charge in [-0.3, -0.25) is 4.79 Å². The van der Waals surface area contributed by atoms with Gasteiger partial charge in [0, 0.05) is 25.6 Å². The van der Waals surface area contributed by atoms with Crippen molar-refractivity contribution in [3.8, 4) is 12.1 Å². The van der Waals surface area contributed by atoms with Gasteiger partial charge in [-0.2, -0.15) is 23.7 Å². The number of halogens is 4. The lowest BCUT2D eigenvalue weighted by Gasteiger charge is -2.25. The molecule has 2 saturated heterocycles. The third-order valence-electron chi connectivity index (χ3n) is 6.20. The fraction of sp³-hybridized carbons (Fsp3) is 0.550. The first-order valence-corrected chi connectivity index (χ1v) is 9.66. The Hall–Kier alpha value is -2.85. The summed E-state index contributed by atoms with van der Waals surface area (Å²) in [5.74, 6) is 0.00415. The number of likely N-dealkylation sites (tertiary alicyclic amines) is 1. The SMILES string of the molecule is N#Cc1c(N2CC3C(C2)C3NCC(=O)N2C[C@@H](F)C[C@H]2C#N)cccc1C(F)(F)F. The quantitative estimate of drug-likeness (QED) is 0.753. The fourth-order valence-corrected chi connectivity index (χ4v) is 4.67. The van der Waals surface area contributed by atoms with Gasteiger partial charge in [0.05, 0.1) is 36.0 Å². The van der Waals surface area contributed by atoms with Crippen LogP contribution in [0.5, 0.6) is 0 Å². The van der Waals surface area contributed by atoms with Gasteiger partial charge in [0.2, 0.25) is 5.91 Å². The number of alkyl halides is 4. The maximum absolute atomic E-state index is 13.5. The van der Waals surface area contributed by atoms with E-state index in [1.54, 1.807) is 11.0 Å². The Morgan fingerprint density at radius 3 is 2.50 bits per heavy atom. The number of hydrogen-bond acceptors (Lipinski definition) is 5. The molecule has 1 aromatic carbocycles. The van der Waals surface area contributed by atoms with E-state index in [9.17, 15) is 27.6 Å². The number of hydrogen-bond donors (Lipinski definition) is 1. The molecule has 2 heterocycles. The maximum Gasteiger partial charge on any atom is 0.417 e. The second kappa shape index (κ2) is 7.44. The number of rotatable bonds is 4. The molecule has 0 radical (unpaired) electrons. The number of nitriles is 2. The Labute approximate surface area is 170 Å². The number of carbonyl (C=O) groups excluding carboxylic acids is 1. The summed E-state index contributed by atoms with van der Waals surface area (Å²) in [5, 5.41) is 21.5. The van der Waals surface area contributed by atoms with Gasteiger partial charge >= 0.3 is 6.18 Å². The molecule has 1 N–H and O–H groups in total. The van der Waals surface area contributed by atoms with E-state index in [-0.39, 0.29) is 54.5 Å². The van der Waals surface area contributed by atoms with Crippen molar-refractivity contribution in [2.24, 2.45) is 11.8 Å². The highest BCUT2D eigenvalue weighted by Gasteiger charge is 2.56. The van der Waals surface area contributed by atoms with Crippen molar-refractivity contribution in [1.82, 2.24) is 10.2 Å². The lowest BCUT2D eigenvalue weighted by Crippen LogP contribution is -2.43. The third kappa shape index (κ3) is 3.56. The molecule has 10 heteroatoms. The normalized spacial score (nSPS) is 30.0. The summed E-state index contributed by atoms with van der Waals surface area (Å²) in [6.45, 7) is 0.902. The molecule has 0 bridgehead atoms. The van der Waals surface area contributed by atoms with E-state index in [4.69, 9.17) is 5.26 Å². The van der Waals surface area contributed by atoms with E-state index >= 15 is 0 Å². The number of carbonyl (C=O) groups is 1. The molecule has 30 heavy (non-hydrogen) atoms. The van der Waals surface area contributed by atoms with Crippen molar-refractivity contribution in [2.45, 2.75) is 30.9 Å². The molecule has 1 saturated carbocycles. The highest BCUT2D eigenvalue weighted by Crippen LogP contribution is 2.48. The molecule has 158 valence electrons. The van der Waals surface area contributed by atoms with Crippen LogP contribution in [0.1, 0.15) is 17.5 Å². The molecule has 4 atom stereocenters. The largest absolute Gasteiger partial charge is 0.417 e. The summed E-state index contributed by atoms with van der Waals surface area (Å²) in [6, 6.07) is 6.67. The third-order valence-corrected chi connectivity index (χ3v) is 6.20. The molecule has 4 rings (SSSR count). The molecule has 1 aromatic rings. The van der Waals surface area contributed by atoms with E-state index in [0.717, 1.165) is 6.07 Å². The zero-order chi connectivity index (χ0) is 21.6. The van der Waals surface area contributed by atoms with Gasteiger partial charge < -0.3 is 15.1 Å². The summed E-state index contributed by atoms with van der Waals surface area (Å²) in [6.07, 6.45) is -5.75. The van der Waals surface area contributed by atoms with Gasteiger partial charge in [0.15, 0.2) is 0 Å². The molecule has 2 aliphatic heterocycles. The minimum absolute atomic E-state index is 0.00439. The summed E-state index contributed by atoms with van der Waals surface area (Å²) >= 11 is 0. The summed E-state index contributed by atoms with van der Waals surface area (Å²) < 4.78 is 53.0. The first kappa shape index (κ1) is 20.4. The first-order valence-electron chi connectivity index (χ1n) is 9.66. The second-order valence-electron chi connectivity index (χ2n) is 7.97. The number of anilines is 1. The Morgan fingerprint density at radius 2 is 1.90 bits per heavy atom. The van der Waals surface area contributed by atoms with Crippen LogP contribution in [0.25, 0.3) is 0 Å². The van der Waals surface area contributed by atoms with Crippen molar-refractivity contribution in [3.05, 3.63) is 29.3 Å². The summed E-state index contributed by atoms with van der Waals surface area (Å²) in [4.78, 5) is 15.3. The van der Waals surface area contributed by atoms with E-state index < -0.39 is 24.0 Å². The van der Waals surface area contributed by atoms with E-state index in [1.165, 1.54) is 17.0 Å². The molecule has 0 spiro atoms. The van der Waals surface area contributed by atoms with Crippen molar-refractivity contribution in [2.75, 3.05) is 31.1 Å². The van der Waals surface area contributed by atoms with Crippen molar-refractivity contribution >= 4 is 11.6 Å². The van der Waals surface area contributed by atoms with Crippen LogP contribution in [-0.2, 0) is 11.0 Å². The lowest BCUT2D eigenvalue weighted by molar-refractivity contribution is -0.137. The molecular weight excluding hydrogens is 402 g/mol. The maximum atomic E-state index is 13.5. The van der Waals surface area contributed by atoms with Crippen LogP contribution in [0.15, 0.2) is 18.2 Å². The molecule has 1 aliphatic carbocycles. The molecule has 6 nitrogen and oxygen atoms in total. The highest BCUT2D eigenvalue weighted by atomic mass is 19.4. The monoisotopic (exact) mass is 421 g/mol. The van der Waals surface area contributed by atoms with Crippen molar-refractivity contribution in [1.29, 1.82) is 10.5 Å². The first-order chi connectivity index (χ1) is 14.2. The van der Waals surface area contributed by atoms with Gasteiger partial charge in [-0.1, -0.05) is 6.07 Å².